The molecule has 0 fully saturated rings. The smallest absolute Gasteiger partial charge is 0.142 e. The fraction of sp³-hybridized carbons (Fsp3) is 0.538. The molecule has 2 heteroatoms. The number of rotatable bonds is 3. The van der Waals surface area contributed by atoms with Crippen LogP contribution in [0.3, 0.4) is 0 Å². The van der Waals surface area contributed by atoms with Gasteiger partial charge >= 0.3 is 0 Å². The number of anilines is 1. The fourth-order valence-corrected chi connectivity index (χ4v) is 1.97. The van der Waals surface area contributed by atoms with E-state index in [0.29, 0.717) is 6.04 Å². The van der Waals surface area contributed by atoms with Gasteiger partial charge in [0.15, 0.2) is 0 Å². The lowest BCUT2D eigenvalue weighted by Crippen LogP contribution is -2.22. The number of ether oxygens (including phenoxy) is 1. The Kier molecular flexibility index (Phi) is 3.14. The van der Waals surface area contributed by atoms with Crippen molar-refractivity contribution >= 4 is 5.69 Å². The van der Waals surface area contributed by atoms with Crippen molar-refractivity contribution < 1.29 is 4.74 Å². The van der Waals surface area contributed by atoms with Crippen molar-refractivity contribution in [3.05, 3.63) is 23.8 Å². The molecule has 0 saturated carbocycles. The van der Waals surface area contributed by atoms with Gasteiger partial charge in [0.1, 0.15) is 5.75 Å². The first-order chi connectivity index (χ1) is 7.31. The van der Waals surface area contributed by atoms with E-state index in [1.807, 2.05) is 0 Å². The molecule has 1 atom stereocenters. The summed E-state index contributed by atoms with van der Waals surface area (Å²) in [5.41, 5.74) is 2.60. The Bertz CT molecular complexity index is 335. The predicted octanol–water partition coefficient (Wildman–Crippen LogP) is 3.22. The van der Waals surface area contributed by atoms with Gasteiger partial charge < -0.3 is 10.1 Å². The van der Waals surface area contributed by atoms with Gasteiger partial charge in [-0.15, -0.1) is 0 Å². The van der Waals surface area contributed by atoms with E-state index in [0.717, 1.165) is 25.2 Å². The summed E-state index contributed by atoms with van der Waals surface area (Å²) in [4.78, 5) is 0. The van der Waals surface area contributed by atoms with Crippen LogP contribution in [0.15, 0.2) is 18.2 Å². The summed E-state index contributed by atoms with van der Waals surface area (Å²) >= 11 is 0. The van der Waals surface area contributed by atoms with Crippen LogP contribution < -0.4 is 10.1 Å². The zero-order valence-corrected chi connectivity index (χ0v) is 9.55. The molecular weight excluding hydrogens is 186 g/mol. The lowest BCUT2D eigenvalue weighted by molar-refractivity contribution is 0.318. The van der Waals surface area contributed by atoms with E-state index in [1.54, 1.807) is 0 Å². The molecule has 82 valence electrons. The van der Waals surface area contributed by atoms with Crippen LogP contribution in [-0.2, 0) is 6.42 Å². The molecule has 0 aromatic heterocycles. The highest BCUT2D eigenvalue weighted by Gasteiger charge is 2.17. The molecule has 0 spiro atoms. The van der Waals surface area contributed by atoms with Crippen LogP contribution >= 0.6 is 0 Å². The summed E-state index contributed by atoms with van der Waals surface area (Å²) in [7, 11) is 0. The molecule has 1 aromatic rings. The van der Waals surface area contributed by atoms with Crippen molar-refractivity contribution in [2.45, 2.75) is 39.2 Å². The molecule has 1 aliphatic rings. The Labute approximate surface area is 91.6 Å². The summed E-state index contributed by atoms with van der Waals surface area (Å²) in [6.07, 6.45) is 3.43. The lowest BCUT2D eigenvalue weighted by atomic mass is 9.98. The molecule has 1 aromatic carbocycles. The minimum Gasteiger partial charge on any atom is -0.491 e. The molecule has 0 radical (unpaired) electrons. The van der Waals surface area contributed by atoms with E-state index in [2.05, 4.69) is 37.4 Å². The molecule has 0 bridgehead atoms. The highest BCUT2D eigenvalue weighted by atomic mass is 16.5. The number of nitrogens with one attached hydrogen (secondary N) is 1. The Morgan fingerprint density at radius 3 is 3.13 bits per heavy atom. The van der Waals surface area contributed by atoms with E-state index in [9.17, 15) is 0 Å². The number of aryl methyl sites for hydroxylation is 1. The standard InChI is InChI=1S/C13H19NO/c1-3-9-15-12-6-4-5-11-8-7-10(2)14-13(11)12/h4-6,10,14H,3,7-9H2,1-2H3. The van der Waals surface area contributed by atoms with Crippen molar-refractivity contribution in [3.63, 3.8) is 0 Å². The van der Waals surface area contributed by atoms with Crippen molar-refractivity contribution in [3.8, 4) is 5.75 Å². The molecule has 2 nitrogen and oxygen atoms in total. The zero-order chi connectivity index (χ0) is 10.7. The molecule has 1 aliphatic heterocycles. The quantitative estimate of drug-likeness (QED) is 0.818. The highest BCUT2D eigenvalue weighted by Crippen LogP contribution is 2.33. The average Bonchev–Trinajstić information content (AvgIpc) is 2.26. The Balaban J connectivity index is 2.23. The maximum Gasteiger partial charge on any atom is 0.142 e. The minimum atomic E-state index is 0.559. The second-order valence-electron chi connectivity index (χ2n) is 4.22. The van der Waals surface area contributed by atoms with E-state index in [-0.39, 0.29) is 0 Å². The second kappa shape index (κ2) is 4.56. The third-order valence-electron chi connectivity index (χ3n) is 2.81. The topological polar surface area (TPSA) is 21.3 Å². The van der Waals surface area contributed by atoms with Gasteiger partial charge in [-0.2, -0.15) is 0 Å². The Morgan fingerprint density at radius 1 is 1.47 bits per heavy atom. The van der Waals surface area contributed by atoms with Crippen LogP contribution in [0.4, 0.5) is 5.69 Å². The molecule has 0 aliphatic carbocycles. The first kappa shape index (κ1) is 10.3. The van der Waals surface area contributed by atoms with E-state index >= 15 is 0 Å². The van der Waals surface area contributed by atoms with Crippen molar-refractivity contribution in [2.24, 2.45) is 0 Å². The van der Waals surface area contributed by atoms with E-state index in [1.165, 1.54) is 17.7 Å². The molecule has 0 amide bonds. The van der Waals surface area contributed by atoms with E-state index in [4.69, 9.17) is 4.74 Å². The number of hydrogen-bond acceptors (Lipinski definition) is 2. The minimum absolute atomic E-state index is 0.559. The number of fused-ring (bicyclic) bond motifs is 1. The van der Waals surface area contributed by atoms with Gasteiger partial charge in [-0.3, -0.25) is 0 Å². The monoisotopic (exact) mass is 205 g/mol. The second-order valence-corrected chi connectivity index (χ2v) is 4.22. The summed E-state index contributed by atoms with van der Waals surface area (Å²) in [6.45, 7) is 5.15. The van der Waals surface area contributed by atoms with Crippen LogP contribution in [0.5, 0.6) is 5.75 Å². The molecule has 1 N–H and O–H groups in total. The molecular formula is C13H19NO. The van der Waals surface area contributed by atoms with Gasteiger partial charge in [-0.25, -0.2) is 0 Å². The van der Waals surface area contributed by atoms with Gasteiger partial charge in [0.05, 0.1) is 12.3 Å². The Hall–Kier alpha value is -1.18. The SMILES string of the molecule is CCCOc1cccc2c1NC(C)CC2. The van der Waals surface area contributed by atoms with Crippen LogP contribution in [0.1, 0.15) is 32.3 Å². The zero-order valence-electron chi connectivity index (χ0n) is 9.55. The molecule has 15 heavy (non-hydrogen) atoms. The molecule has 2 rings (SSSR count). The van der Waals surface area contributed by atoms with Crippen molar-refractivity contribution in [1.29, 1.82) is 0 Å². The van der Waals surface area contributed by atoms with Gasteiger partial charge in [-0.1, -0.05) is 19.1 Å². The van der Waals surface area contributed by atoms with Gasteiger partial charge in [0.2, 0.25) is 0 Å². The third-order valence-corrected chi connectivity index (χ3v) is 2.81. The number of para-hydroxylation sites is 1. The van der Waals surface area contributed by atoms with E-state index < -0.39 is 0 Å². The first-order valence-electron chi connectivity index (χ1n) is 5.82. The van der Waals surface area contributed by atoms with Gasteiger partial charge in [0.25, 0.3) is 0 Å². The predicted molar refractivity (Wildman–Crippen MR) is 63.6 cm³/mol. The molecule has 1 heterocycles. The van der Waals surface area contributed by atoms with Crippen LogP contribution in [0.25, 0.3) is 0 Å². The highest BCUT2D eigenvalue weighted by molar-refractivity contribution is 5.63. The number of benzene rings is 1. The third kappa shape index (κ3) is 2.25. The van der Waals surface area contributed by atoms with Gasteiger partial charge in [0, 0.05) is 6.04 Å². The fourth-order valence-electron chi connectivity index (χ4n) is 1.97. The first-order valence-corrected chi connectivity index (χ1v) is 5.82. The van der Waals surface area contributed by atoms with Gasteiger partial charge in [-0.05, 0) is 37.8 Å². The Morgan fingerprint density at radius 2 is 2.33 bits per heavy atom. The maximum atomic E-state index is 5.74. The largest absolute Gasteiger partial charge is 0.491 e. The average molecular weight is 205 g/mol. The number of hydrogen-bond donors (Lipinski definition) is 1. The summed E-state index contributed by atoms with van der Waals surface area (Å²) in [6, 6.07) is 6.89. The molecule has 1 unspecified atom stereocenters. The van der Waals surface area contributed by atoms with Crippen molar-refractivity contribution in [1.82, 2.24) is 0 Å². The lowest BCUT2D eigenvalue weighted by Gasteiger charge is -2.26. The summed E-state index contributed by atoms with van der Waals surface area (Å²) in [5.74, 6) is 1.01. The normalized spacial score (nSPS) is 19.2. The molecule has 0 saturated heterocycles. The van der Waals surface area contributed by atoms with Crippen molar-refractivity contribution in [2.75, 3.05) is 11.9 Å². The van der Waals surface area contributed by atoms with Crippen LogP contribution in [0, 0.1) is 0 Å². The maximum absolute atomic E-state index is 5.74. The summed E-state index contributed by atoms with van der Waals surface area (Å²) < 4.78 is 5.74. The van der Waals surface area contributed by atoms with Crippen LogP contribution in [0.2, 0.25) is 0 Å². The summed E-state index contributed by atoms with van der Waals surface area (Å²) in [5, 5.41) is 3.51. The van der Waals surface area contributed by atoms with Crippen LogP contribution in [-0.4, -0.2) is 12.6 Å².